The van der Waals surface area contributed by atoms with Crippen LogP contribution in [-0.2, 0) is 28.6 Å². The number of hydrogen-bond donors (Lipinski definition) is 0. The maximum absolute atomic E-state index is 12.8. The van der Waals surface area contributed by atoms with Gasteiger partial charge >= 0.3 is 17.9 Å². The summed E-state index contributed by atoms with van der Waals surface area (Å²) in [6.07, 6.45) is 70.9. The van der Waals surface area contributed by atoms with Crippen LogP contribution < -0.4 is 0 Å². The minimum absolute atomic E-state index is 0.0974. The highest BCUT2D eigenvalue weighted by Gasteiger charge is 2.19. The molecule has 1 atom stereocenters. The number of carbonyl (C=O) groups excluding carboxylic acids is 3. The van der Waals surface area contributed by atoms with Gasteiger partial charge in [-0.1, -0.05) is 227 Å². The van der Waals surface area contributed by atoms with Gasteiger partial charge in [0.1, 0.15) is 13.2 Å². The second-order valence-electron chi connectivity index (χ2n) is 17.9. The fourth-order valence-electron chi connectivity index (χ4n) is 7.26. The van der Waals surface area contributed by atoms with Gasteiger partial charge in [-0.2, -0.15) is 0 Å². The Kier molecular flexibility index (Phi) is 50.9. The topological polar surface area (TPSA) is 78.9 Å². The number of hydrogen-bond acceptors (Lipinski definition) is 6. The minimum Gasteiger partial charge on any atom is -0.462 e. The van der Waals surface area contributed by atoms with E-state index in [-0.39, 0.29) is 31.1 Å². The Balaban J connectivity index is 4.49. The maximum Gasteiger partial charge on any atom is 0.306 e. The third-order valence-electron chi connectivity index (χ3n) is 11.4. The van der Waals surface area contributed by atoms with Gasteiger partial charge in [-0.15, -0.1) is 0 Å². The molecule has 0 saturated carbocycles. The summed E-state index contributed by atoms with van der Waals surface area (Å²) in [7, 11) is 0. The lowest BCUT2D eigenvalue weighted by atomic mass is 10.1. The van der Waals surface area contributed by atoms with Gasteiger partial charge in [0.2, 0.25) is 0 Å². The van der Waals surface area contributed by atoms with Crippen molar-refractivity contribution in [3.05, 3.63) is 97.2 Å². The molecule has 0 saturated heterocycles. The van der Waals surface area contributed by atoms with Gasteiger partial charge in [0, 0.05) is 19.3 Å². The molecule has 0 aromatic heterocycles. The van der Waals surface area contributed by atoms with Gasteiger partial charge in [0.25, 0.3) is 0 Å². The van der Waals surface area contributed by atoms with E-state index in [1.807, 2.05) is 0 Å². The molecule has 0 aromatic carbocycles. The summed E-state index contributed by atoms with van der Waals surface area (Å²) in [5.41, 5.74) is 0. The predicted octanol–water partition coefficient (Wildman–Crippen LogP) is 18.1. The molecular weight excluding hydrogens is 817 g/mol. The van der Waals surface area contributed by atoms with Crippen molar-refractivity contribution in [2.24, 2.45) is 0 Å². The average Bonchev–Trinajstić information content (AvgIpc) is 3.31. The molecule has 0 N–H and O–H groups in total. The summed E-state index contributed by atoms with van der Waals surface area (Å²) >= 11 is 0. The van der Waals surface area contributed by atoms with Crippen LogP contribution in [0.15, 0.2) is 97.2 Å². The maximum atomic E-state index is 12.8. The van der Waals surface area contributed by atoms with Crippen molar-refractivity contribution in [3.63, 3.8) is 0 Å². The van der Waals surface area contributed by atoms with Crippen LogP contribution in [0.1, 0.15) is 245 Å². The van der Waals surface area contributed by atoms with E-state index in [9.17, 15) is 14.4 Å². The highest BCUT2D eigenvalue weighted by molar-refractivity contribution is 5.71. The van der Waals surface area contributed by atoms with E-state index in [0.29, 0.717) is 19.3 Å². The number of allylic oxidation sites excluding steroid dienone is 16. The van der Waals surface area contributed by atoms with Crippen molar-refractivity contribution in [2.75, 3.05) is 13.2 Å². The first kappa shape index (κ1) is 62.3. The van der Waals surface area contributed by atoms with E-state index in [1.54, 1.807) is 0 Å². The predicted molar refractivity (Wildman–Crippen MR) is 284 cm³/mol. The van der Waals surface area contributed by atoms with Crippen LogP contribution in [0.2, 0.25) is 0 Å². The summed E-state index contributed by atoms with van der Waals surface area (Å²) in [4.78, 5) is 38.1. The molecule has 6 heteroatoms. The molecule has 0 radical (unpaired) electrons. The second kappa shape index (κ2) is 53.9. The van der Waals surface area contributed by atoms with Crippen LogP contribution >= 0.6 is 0 Å². The lowest BCUT2D eigenvalue weighted by molar-refractivity contribution is -0.167. The van der Waals surface area contributed by atoms with E-state index < -0.39 is 6.10 Å². The quantitative estimate of drug-likeness (QED) is 0.0262. The Morgan fingerprint density at radius 3 is 0.864 bits per heavy atom. The van der Waals surface area contributed by atoms with Gasteiger partial charge in [0.15, 0.2) is 6.10 Å². The van der Waals surface area contributed by atoms with Gasteiger partial charge in [-0.25, -0.2) is 0 Å². The van der Waals surface area contributed by atoms with Gasteiger partial charge < -0.3 is 14.2 Å². The monoisotopic (exact) mass is 917 g/mol. The van der Waals surface area contributed by atoms with Crippen LogP contribution in [0.5, 0.6) is 0 Å². The lowest BCUT2D eigenvalue weighted by Crippen LogP contribution is -2.30. The van der Waals surface area contributed by atoms with Crippen LogP contribution in [0.4, 0.5) is 0 Å². The SMILES string of the molecule is CCCCC\C=C/C=C\C=C/C=C\CCCCCCCC(=O)OCC(COC(=O)CCCCCCCC/C=C\C=C/CCCCC)OC(=O)CCCCCCCC/C=C\C=C/CCCCC. The van der Waals surface area contributed by atoms with Crippen molar-refractivity contribution in [1.82, 2.24) is 0 Å². The third-order valence-corrected chi connectivity index (χ3v) is 11.4. The van der Waals surface area contributed by atoms with E-state index in [4.69, 9.17) is 14.2 Å². The van der Waals surface area contributed by atoms with E-state index in [1.165, 1.54) is 103 Å². The number of unbranched alkanes of at least 4 members (excludes halogenated alkanes) is 26. The fraction of sp³-hybridized carbons (Fsp3) is 0.683. The van der Waals surface area contributed by atoms with Crippen molar-refractivity contribution in [1.29, 1.82) is 0 Å². The molecule has 0 heterocycles. The first-order chi connectivity index (χ1) is 32.5. The van der Waals surface area contributed by atoms with Crippen LogP contribution in [0.25, 0.3) is 0 Å². The third kappa shape index (κ3) is 51.3. The second-order valence-corrected chi connectivity index (χ2v) is 17.9. The van der Waals surface area contributed by atoms with E-state index in [2.05, 4.69) is 118 Å². The molecule has 1 unspecified atom stereocenters. The Hall–Kier alpha value is -3.67. The van der Waals surface area contributed by atoms with Crippen LogP contribution in [-0.4, -0.2) is 37.2 Å². The molecule has 0 amide bonds. The largest absolute Gasteiger partial charge is 0.462 e. The Bertz CT molecular complexity index is 1330. The minimum atomic E-state index is -0.800. The molecule has 0 bridgehead atoms. The lowest BCUT2D eigenvalue weighted by Gasteiger charge is -2.18. The summed E-state index contributed by atoms with van der Waals surface area (Å²) in [5, 5.41) is 0. The normalized spacial score (nSPS) is 12.8. The molecule has 0 spiro atoms. The highest BCUT2D eigenvalue weighted by Crippen LogP contribution is 2.14. The molecule has 0 aliphatic carbocycles. The zero-order chi connectivity index (χ0) is 47.9. The van der Waals surface area contributed by atoms with Gasteiger partial charge in [-0.05, 0) is 96.3 Å². The number of carbonyl (C=O) groups is 3. The number of ether oxygens (including phenoxy) is 3. The average molecular weight is 917 g/mol. The summed E-state index contributed by atoms with van der Waals surface area (Å²) in [6.45, 7) is 6.50. The zero-order valence-corrected chi connectivity index (χ0v) is 42.9. The van der Waals surface area contributed by atoms with Crippen molar-refractivity contribution in [2.45, 2.75) is 252 Å². The van der Waals surface area contributed by atoms with Gasteiger partial charge in [0.05, 0.1) is 0 Å². The Labute approximate surface area is 407 Å². The molecule has 0 aliphatic heterocycles. The molecule has 66 heavy (non-hydrogen) atoms. The molecule has 0 fully saturated rings. The molecular formula is C60H100O6. The number of rotatable bonds is 48. The van der Waals surface area contributed by atoms with Crippen molar-refractivity contribution in [3.8, 4) is 0 Å². The first-order valence-corrected chi connectivity index (χ1v) is 27.3. The van der Waals surface area contributed by atoms with E-state index in [0.717, 1.165) is 103 Å². The number of esters is 3. The molecule has 6 nitrogen and oxygen atoms in total. The molecule has 0 aliphatic rings. The Morgan fingerprint density at radius 2 is 0.545 bits per heavy atom. The van der Waals surface area contributed by atoms with Crippen molar-refractivity contribution < 1.29 is 28.6 Å². The summed E-state index contributed by atoms with van der Waals surface area (Å²) in [6, 6.07) is 0. The smallest absolute Gasteiger partial charge is 0.306 e. The van der Waals surface area contributed by atoms with Crippen LogP contribution in [0, 0.1) is 0 Å². The highest BCUT2D eigenvalue weighted by atomic mass is 16.6. The van der Waals surface area contributed by atoms with Crippen LogP contribution in [0.3, 0.4) is 0 Å². The first-order valence-electron chi connectivity index (χ1n) is 27.3. The zero-order valence-electron chi connectivity index (χ0n) is 42.9. The Morgan fingerprint density at radius 1 is 0.303 bits per heavy atom. The fourth-order valence-corrected chi connectivity index (χ4v) is 7.26. The summed E-state index contributed by atoms with van der Waals surface area (Å²) < 4.78 is 16.8. The molecule has 0 rings (SSSR count). The summed E-state index contributed by atoms with van der Waals surface area (Å²) in [5.74, 6) is -0.943. The van der Waals surface area contributed by atoms with Gasteiger partial charge in [-0.3, -0.25) is 14.4 Å². The molecule has 0 aromatic rings. The van der Waals surface area contributed by atoms with Crippen molar-refractivity contribution >= 4 is 17.9 Å². The standard InChI is InChI=1S/C60H100O6/c1-4-7-10-13-16-19-22-25-28-29-30-33-35-38-41-44-47-50-53-59(62)65-56-57(66-60(63)54-51-48-45-42-39-36-32-27-24-21-18-15-12-9-6-3)55-64-58(61)52-49-46-43-40-37-34-31-26-23-20-17-14-11-8-5-2/h16-30,33,57H,4-15,31-32,34-56H2,1-3H3/b19-16-,20-17-,21-18-,25-22-,26-23-,27-24-,29-28-,33-30-. The van der Waals surface area contributed by atoms with E-state index >= 15 is 0 Å². The molecule has 376 valence electrons.